The van der Waals surface area contributed by atoms with Crippen LogP contribution in [0.25, 0.3) is 0 Å². The van der Waals surface area contributed by atoms with Crippen molar-refractivity contribution in [1.82, 2.24) is 10.3 Å². The summed E-state index contributed by atoms with van der Waals surface area (Å²) in [4.78, 5) is 14.6. The Morgan fingerprint density at radius 3 is 3.29 bits per heavy atom. The van der Waals surface area contributed by atoms with Gasteiger partial charge in [0, 0.05) is 13.0 Å². The van der Waals surface area contributed by atoms with Crippen molar-refractivity contribution in [2.75, 3.05) is 13.2 Å². The molecule has 1 heterocycles. The second-order valence-corrected chi connectivity index (χ2v) is 2.53. The molecular formula is C9H12N2O3. The van der Waals surface area contributed by atoms with E-state index in [1.54, 1.807) is 6.20 Å². The lowest BCUT2D eigenvalue weighted by Gasteiger charge is -2.02. The molecular weight excluding hydrogens is 184 g/mol. The summed E-state index contributed by atoms with van der Waals surface area (Å²) in [6.07, 6.45) is 4.62. The smallest absolute Gasteiger partial charge is 0.407 e. The first-order chi connectivity index (χ1) is 6.83. The van der Waals surface area contributed by atoms with Gasteiger partial charge in [-0.1, -0.05) is 12.7 Å². The molecule has 0 aromatic carbocycles. The zero-order valence-corrected chi connectivity index (χ0v) is 7.73. The molecule has 0 aliphatic heterocycles. The Bertz CT molecular complexity index is 282. The first kappa shape index (κ1) is 10.3. The fourth-order valence-corrected chi connectivity index (χ4v) is 0.839. The Hall–Kier alpha value is -1.78. The molecule has 0 aliphatic rings. The lowest BCUT2D eigenvalue weighted by atomic mass is 10.3. The van der Waals surface area contributed by atoms with Crippen LogP contribution >= 0.6 is 0 Å². The van der Waals surface area contributed by atoms with Gasteiger partial charge < -0.3 is 14.5 Å². The van der Waals surface area contributed by atoms with E-state index in [1.165, 1.54) is 12.5 Å². The number of oxazole rings is 1. The van der Waals surface area contributed by atoms with Crippen LogP contribution in [0.4, 0.5) is 4.79 Å². The third-order valence-corrected chi connectivity index (χ3v) is 1.46. The van der Waals surface area contributed by atoms with Crippen LogP contribution in [0.5, 0.6) is 0 Å². The highest BCUT2D eigenvalue weighted by atomic mass is 16.5. The average Bonchev–Trinajstić information content (AvgIpc) is 2.67. The van der Waals surface area contributed by atoms with E-state index in [0.717, 1.165) is 5.76 Å². The minimum Gasteiger partial charge on any atom is -0.448 e. The van der Waals surface area contributed by atoms with Crippen LogP contribution in [0.3, 0.4) is 0 Å². The van der Waals surface area contributed by atoms with Gasteiger partial charge in [-0.25, -0.2) is 9.78 Å². The molecule has 0 unspecified atom stereocenters. The second-order valence-electron chi connectivity index (χ2n) is 2.53. The van der Waals surface area contributed by atoms with Crippen molar-refractivity contribution in [3.05, 3.63) is 31.0 Å². The summed E-state index contributed by atoms with van der Waals surface area (Å²) in [5.74, 6) is 0.731. The van der Waals surface area contributed by atoms with Gasteiger partial charge in [0.05, 0.1) is 6.20 Å². The number of amides is 1. The molecule has 1 rings (SSSR count). The summed E-state index contributed by atoms with van der Waals surface area (Å²) < 4.78 is 9.67. The van der Waals surface area contributed by atoms with Crippen LogP contribution in [-0.2, 0) is 11.2 Å². The molecule has 0 radical (unpaired) electrons. The molecule has 1 amide bonds. The minimum atomic E-state index is -0.454. The molecule has 0 atom stereocenters. The number of ether oxygens (including phenoxy) is 1. The summed E-state index contributed by atoms with van der Waals surface area (Å²) >= 11 is 0. The van der Waals surface area contributed by atoms with E-state index in [2.05, 4.69) is 16.9 Å². The van der Waals surface area contributed by atoms with Gasteiger partial charge in [-0.2, -0.15) is 0 Å². The number of nitrogens with zero attached hydrogens (tertiary/aromatic N) is 1. The van der Waals surface area contributed by atoms with Crippen molar-refractivity contribution in [2.24, 2.45) is 0 Å². The van der Waals surface area contributed by atoms with Crippen molar-refractivity contribution < 1.29 is 13.9 Å². The minimum absolute atomic E-state index is 0.216. The fourth-order valence-electron chi connectivity index (χ4n) is 0.839. The third-order valence-electron chi connectivity index (χ3n) is 1.46. The van der Waals surface area contributed by atoms with E-state index < -0.39 is 6.09 Å². The van der Waals surface area contributed by atoms with Crippen molar-refractivity contribution in [3.8, 4) is 0 Å². The van der Waals surface area contributed by atoms with Gasteiger partial charge in [0.15, 0.2) is 6.39 Å². The highest BCUT2D eigenvalue weighted by Gasteiger charge is 2.00. The van der Waals surface area contributed by atoms with E-state index in [4.69, 9.17) is 9.15 Å². The Morgan fingerprint density at radius 2 is 2.64 bits per heavy atom. The van der Waals surface area contributed by atoms with Gasteiger partial charge in [0.25, 0.3) is 0 Å². The fraction of sp³-hybridized carbons (Fsp3) is 0.333. The van der Waals surface area contributed by atoms with Gasteiger partial charge >= 0.3 is 6.09 Å². The SMILES string of the molecule is C=CCOC(=O)NCCc1cnco1. The monoisotopic (exact) mass is 196 g/mol. The topological polar surface area (TPSA) is 64.4 Å². The Labute approximate surface area is 81.8 Å². The van der Waals surface area contributed by atoms with Gasteiger partial charge in [0.1, 0.15) is 12.4 Å². The Morgan fingerprint density at radius 1 is 1.79 bits per heavy atom. The molecule has 5 heteroatoms. The number of aromatic nitrogens is 1. The molecule has 0 saturated carbocycles. The van der Waals surface area contributed by atoms with E-state index in [1.807, 2.05) is 0 Å². The zero-order chi connectivity index (χ0) is 10.2. The molecule has 14 heavy (non-hydrogen) atoms. The average molecular weight is 196 g/mol. The highest BCUT2D eigenvalue weighted by molar-refractivity contribution is 5.67. The van der Waals surface area contributed by atoms with Gasteiger partial charge in [-0.3, -0.25) is 0 Å². The number of alkyl carbamates (subject to hydrolysis) is 1. The molecule has 1 aromatic heterocycles. The standard InChI is InChI=1S/C9H12N2O3/c1-2-5-13-9(12)11-4-3-8-6-10-7-14-8/h2,6-7H,1,3-5H2,(H,11,12). The van der Waals surface area contributed by atoms with Crippen LogP contribution < -0.4 is 5.32 Å². The van der Waals surface area contributed by atoms with Crippen molar-refractivity contribution in [1.29, 1.82) is 0 Å². The molecule has 0 fully saturated rings. The number of hydrogen-bond donors (Lipinski definition) is 1. The number of carbonyl (C=O) groups excluding carboxylic acids is 1. The summed E-state index contributed by atoms with van der Waals surface area (Å²) in [6.45, 7) is 4.11. The van der Waals surface area contributed by atoms with E-state index >= 15 is 0 Å². The third kappa shape index (κ3) is 3.75. The highest BCUT2D eigenvalue weighted by Crippen LogP contribution is 1.95. The number of carbonyl (C=O) groups is 1. The van der Waals surface area contributed by atoms with E-state index in [9.17, 15) is 4.79 Å². The molecule has 0 bridgehead atoms. The zero-order valence-electron chi connectivity index (χ0n) is 7.73. The van der Waals surface area contributed by atoms with Gasteiger partial charge in [0.2, 0.25) is 0 Å². The van der Waals surface area contributed by atoms with E-state index in [-0.39, 0.29) is 6.61 Å². The number of nitrogens with one attached hydrogen (secondary N) is 1. The lowest BCUT2D eigenvalue weighted by Crippen LogP contribution is -2.26. The van der Waals surface area contributed by atoms with Crippen molar-refractivity contribution >= 4 is 6.09 Å². The molecule has 1 N–H and O–H groups in total. The summed E-state index contributed by atoms with van der Waals surface area (Å²) in [6, 6.07) is 0. The maximum atomic E-state index is 10.9. The lowest BCUT2D eigenvalue weighted by molar-refractivity contribution is 0.158. The maximum Gasteiger partial charge on any atom is 0.407 e. The van der Waals surface area contributed by atoms with Crippen molar-refractivity contribution in [2.45, 2.75) is 6.42 Å². The first-order valence-corrected chi connectivity index (χ1v) is 4.22. The Kier molecular flexibility index (Phi) is 4.26. The van der Waals surface area contributed by atoms with Gasteiger partial charge in [-0.05, 0) is 0 Å². The van der Waals surface area contributed by atoms with Crippen LogP contribution in [0, 0.1) is 0 Å². The van der Waals surface area contributed by atoms with Crippen molar-refractivity contribution in [3.63, 3.8) is 0 Å². The van der Waals surface area contributed by atoms with E-state index in [0.29, 0.717) is 13.0 Å². The number of hydrogen-bond acceptors (Lipinski definition) is 4. The molecule has 0 spiro atoms. The van der Waals surface area contributed by atoms with Crippen LogP contribution in [0.2, 0.25) is 0 Å². The first-order valence-electron chi connectivity index (χ1n) is 4.22. The molecule has 0 aliphatic carbocycles. The summed E-state index contributed by atoms with van der Waals surface area (Å²) in [5.41, 5.74) is 0. The predicted octanol–water partition coefficient (Wildman–Crippen LogP) is 1.13. The van der Waals surface area contributed by atoms with Crippen LogP contribution in [-0.4, -0.2) is 24.2 Å². The van der Waals surface area contributed by atoms with Crippen LogP contribution in [0.15, 0.2) is 29.7 Å². The maximum absolute atomic E-state index is 10.9. The normalized spacial score (nSPS) is 9.43. The Balaban J connectivity index is 2.09. The number of rotatable bonds is 5. The van der Waals surface area contributed by atoms with Crippen LogP contribution in [0.1, 0.15) is 5.76 Å². The largest absolute Gasteiger partial charge is 0.448 e. The molecule has 1 aromatic rings. The molecule has 0 saturated heterocycles. The second kappa shape index (κ2) is 5.80. The predicted molar refractivity (Wildman–Crippen MR) is 49.8 cm³/mol. The van der Waals surface area contributed by atoms with Gasteiger partial charge in [-0.15, -0.1) is 0 Å². The summed E-state index contributed by atoms with van der Waals surface area (Å²) in [5, 5.41) is 2.56. The quantitative estimate of drug-likeness (QED) is 0.717. The molecule has 5 nitrogen and oxygen atoms in total. The summed E-state index contributed by atoms with van der Waals surface area (Å²) in [7, 11) is 0. The molecule has 76 valence electrons.